The van der Waals surface area contributed by atoms with E-state index < -0.39 is 29.3 Å². The summed E-state index contributed by atoms with van der Waals surface area (Å²) in [5, 5.41) is 2.75. The first-order chi connectivity index (χ1) is 9.97. The van der Waals surface area contributed by atoms with E-state index in [1.54, 1.807) is 6.92 Å². The molecule has 0 fully saturated rings. The van der Waals surface area contributed by atoms with Crippen molar-refractivity contribution >= 4 is 0 Å². The van der Waals surface area contributed by atoms with Gasteiger partial charge in [0.1, 0.15) is 23.3 Å². The second-order valence-corrected chi connectivity index (χ2v) is 4.72. The molecule has 0 aliphatic rings. The number of nitrogens with one attached hydrogen (secondary N) is 1. The molecule has 0 spiro atoms. The summed E-state index contributed by atoms with van der Waals surface area (Å²) in [4.78, 5) is 0. The maximum atomic E-state index is 14.3. The normalized spacial score (nSPS) is 12.5. The molecular formula is C16H15F4N. The SMILES string of the molecule is CCNC(c1c(F)cccc1F)c1c(F)ccc(C)c1F. The molecule has 0 bridgehead atoms. The van der Waals surface area contributed by atoms with Crippen molar-refractivity contribution < 1.29 is 17.6 Å². The first kappa shape index (κ1) is 15.5. The molecular weight excluding hydrogens is 282 g/mol. The molecule has 0 aliphatic heterocycles. The van der Waals surface area contributed by atoms with Gasteiger partial charge in [0, 0.05) is 11.1 Å². The van der Waals surface area contributed by atoms with Crippen LogP contribution in [-0.4, -0.2) is 6.54 Å². The van der Waals surface area contributed by atoms with Gasteiger partial charge in [0.2, 0.25) is 0 Å². The van der Waals surface area contributed by atoms with Gasteiger partial charge in [-0.05, 0) is 37.2 Å². The molecule has 0 saturated carbocycles. The van der Waals surface area contributed by atoms with Crippen molar-refractivity contribution in [3.05, 3.63) is 70.3 Å². The average molecular weight is 297 g/mol. The van der Waals surface area contributed by atoms with Crippen molar-refractivity contribution in [1.29, 1.82) is 0 Å². The van der Waals surface area contributed by atoms with E-state index in [2.05, 4.69) is 5.32 Å². The van der Waals surface area contributed by atoms with E-state index in [0.717, 1.165) is 18.2 Å². The second-order valence-electron chi connectivity index (χ2n) is 4.72. The van der Waals surface area contributed by atoms with E-state index >= 15 is 0 Å². The van der Waals surface area contributed by atoms with Crippen molar-refractivity contribution in [2.75, 3.05) is 6.54 Å². The first-order valence-electron chi connectivity index (χ1n) is 6.59. The van der Waals surface area contributed by atoms with Crippen LogP contribution in [0.3, 0.4) is 0 Å². The Morgan fingerprint density at radius 2 is 1.48 bits per heavy atom. The average Bonchev–Trinajstić information content (AvgIpc) is 2.43. The van der Waals surface area contributed by atoms with E-state index in [1.165, 1.54) is 19.1 Å². The van der Waals surface area contributed by atoms with E-state index in [0.29, 0.717) is 6.54 Å². The van der Waals surface area contributed by atoms with Gasteiger partial charge in [0.15, 0.2) is 0 Å². The lowest BCUT2D eigenvalue weighted by Crippen LogP contribution is -2.26. The largest absolute Gasteiger partial charge is 0.306 e. The maximum absolute atomic E-state index is 14.3. The van der Waals surface area contributed by atoms with Crippen molar-refractivity contribution in [3.8, 4) is 0 Å². The maximum Gasteiger partial charge on any atom is 0.134 e. The topological polar surface area (TPSA) is 12.0 Å². The van der Waals surface area contributed by atoms with Gasteiger partial charge in [0.05, 0.1) is 6.04 Å². The molecule has 5 heteroatoms. The Balaban J connectivity index is 2.68. The predicted molar refractivity (Wildman–Crippen MR) is 73.0 cm³/mol. The molecule has 0 amide bonds. The number of rotatable bonds is 4. The van der Waals surface area contributed by atoms with Gasteiger partial charge < -0.3 is 5.32 Å². The van der Waals surface area contributed by atoms with Gasteiger partial charge in [-0.2, -0.15) is 0 Å². The fourth-order valence-corrected chi connectivity index (χ4v) is 2.28. The molecule has 2 aromatic rings. The first-order valence-corrected chi connectivity index (χ1v) is 6.59. The van der Waals surface area contributed by atoms with Crippen LogP contribution in [0.5, 0.6) is 0 Å². The standard InChI is InChI=1S/C16H15F4N/c1-3-21-16(13-10(17)5-4-6-11(13)18)14-12(19)8-7-9(2)15(14)20/h4-8,16,21H,3H2,1-2H3. The summed E-state index contributed by atoms with van der Waals surface area (Å²) in [5.74, 6) is -3.34. The van der Waals surface area contributed by atoms with Crippen molar-refractivity contribution in [2.45, 2.75) is 19.9 Å². The van der Waals surface area contributed by atoms with Crippen LogP contribution in [0.2, 0.25) is 0 Å². The van der Waals surface area contributed by atoms with E-state index in [4.69, 9.17) is 0 Å². The van der Waals surface area contributed by atoms with Crippen LogP contribution >= 0.6 is 0 Å². The predicted octanol–water partition coefficient (Wildman–Crippen LogP) is 4.25. The molecule has 0 heterocycles. The minimum Gasteiger partial charge on any atom is -0.306 e. The number of hydrogen-bond acceptors (Lipinski definition) is 1. The summed E-state index contributed by atoms with van der Waals surface area (Å²) in [6, 6.07) is 4.49. The highest BCUT2D eigenvalue weighted by molar-refractivity contribution is 5.37. The Labute approximate surface area is 120 Å². The molecule has 112 valence electrons. The summed E-state index contributed by atoms with van der Waals surface area (Å²) < 4.78 is 56.2. The third kappa shape index (κ3) is 2.93. The van der Waals surface area contributed by atoms with Gasteiger partial charge in [-0.15, -0.1) is 0 Å². The van der Waals surface area contributed by atoms with Crippen LogP contribution in [-0.2, 0) is 0 Å². The van der Waals surface area contributed by atoms with E-state index in [9.17, 15) is 17.6 Å². The van der Waals surface area contributed by atoms with Crippen LogP contribution in [0.25, 0.3) is 0 Å². The van der Waals surface area contributed by atoms with Crippen molar-refractivity contribution in [2.24, 2.45) is 0 Å². The molecule has 2 rings (SSSR count). The van der Waals surface area contributed by atoms with E-state index in [-0.39, 0.29) is 16.7 Å². The Morgan fingerprint density at radius 3 is 2.05 bits per heavy atom. The van der Waals surface area contributed by atoms with Crippen LogP contribution < -0.4 is 5.32 Å². The number of hydrogen-bond donors (Lipinski definition) is 1. The Morgan fingerprint density at radius 1 is 0.905 bits per heavy atom. The van der Waals surface area contributed by atoms with Gasteiger partial charge in [-0.3, -0.25) is 0 Å². The Kier molecular flexibility index (Phi) is 4.63. The zero-order valence-electron chi connectivity index (χ0n) is 11.7. The third-order valence-electron chi connectivity index (χ3n) is 3.30. The lowest BCUT2D eigenvalue weighted by molar-refractivity contribution is 0.471. The van der Waals surface area contributed by atoms with Crippen LogP contribution in [0.1, 0.15) is 29.7 Å². The zero-order valence-corrected chi connectivity index (χ0v) is 11.7. The van der Waals surface area contributed by atoms with Gasteiger partial charge in [-0.25, -0.2) is 17.6 Å². The highest BCUT2D eigenvalue weighted by atomic mass is 19.1. The summed E-state index contributed by atoms with van der Waals surface area (Å²) >= 11 is 0. The van der Waals surface area contributed by atoms with Crippen molar-refractivity contribution in [3.63, 3.8) is 0 Å². The molecule has 0 radical (unpaired) electrons. The Hall–Kier alpha value is -1.88. The number of halogens is 4. The summed E-state index contributed by atoms with van der Waals surface area (Å²) in [7, 11) is 0. The van der Waals surface area contributed by atoms with Crippen LogP contribution in [0.4, 0.5) is 17.6 Å². The fourth-order valence-electron chi connectivity index (χ4n) is 2.28. The van der Waals surface area contributed by atoms with E-state index in [1.807, 2.05) is 0 Å². The summed E-state index contributed by atoms with van der Waals surface area (Å²) in [6.45, 7) is 3.46. The lowest BCUT2D eigenvalue weighted by Gasteiger charge is -2.22. The second kappa shape index (κ2) is 6.26. The van der Waals surface area contributed by atoms with Crippen molar-refractivity contribution in [1.82, 2.24) is 5.32 Å². The summed E-state index contributed by atoms with van der Waals surface area (Å²) in [5.41, 5.74) is -0.547. The molecule has 0 aliphatic carbocycles. The quantitative estimate of drug-likeness (QED) is 0.832. The van der Waals surface area contributed by atoms with Crippen LogP contribution in [0.15, 0.2) is 30.3 Å². The molecule has 21 heavy (non-hydrogen) atoms. The van der Waals surface area contributed by atoms with Gasteiger partial charge in [0.25, 0.3) is 0 Å². The smallest absolute Gasteiger partial charge is 0.134 e. The molecule has 1 nitrogen and oxygen atoms in total. The number of aryl methyl sites for hydroxylation is 1. The molecule has 1 unspecified atom stereocenters. The molecule has 0 saturated heterocycles. The molecule has 1 N–H and O–H groups in total. The molecule has 0 aromatic heterocycles. The van der Waals surface area contributed by atoms with Gasteiger partial charge in [-0.1, -0.05) is 19.1 Å². The monoisotopic (exact) mass is 297 g/mol. The molecule has 2 aromatic carbocycles. The van der Waals surface area contributed by atoms with Gasteiger partial charge >= 0.3 is 0 Å². The minimum atomic E-state index is -1.23. The zero-order chi connectivity index (χ0) is 15.6. The third-order valence-corrected chi connectivity index (χ3v) is 3.30. The Bertz CT molecular complexity index is 635. The summed E-state index contributed by atoms with van der Waals surface area (Å²) in [6.07, 6.45) is 0. The highest BCUT2D eigenvalue weighted by Gasteiger charge is 2.27. The fraction of sp³-hybridized carbons (Fsp3) is 0.250. The highest BCUT2D eigenvalue weighted by Crippen LogP contribution is 2.31. The number of benzene rings is 2. The molecule has 1 atom stereocenters. The minimum absolute atomic E-state index is 0.214. The van der Waals surface area contributed by atoms with Crippen LogP contribution in [0, 0.1) is 30.2 Å². The lowest BCUT2D eigenvalue weighted by atomic mass is 9.95.